The summed E-state index contributed by atoms with van der Waals surface area (Å²) in [6, 6.07) is 8.25. The molecule has 0 aromatic heterocycles. The second-order valence-corrected chi connectivity index (χ2v) is 8.24. The number of ketones is 1. The fraction of sp³-hybridized carbons (Fsp3) is 0.667. The molecule has 3 atom stereocenters. The highest BCUT2D eigenvalue weighted by Crippen LogP contribution is 2.40. The van der Waals surface area contributed by atoms with Gasteiger partial charge < -0.3 is 10.2 Å². The van der Waals surface area contributed by atoms with E-state index in [0.29, 0.717) is 12.2 Å². The van der Waals surface area contributed by atoms with Crippen LogP contribution in [0.1, 0.15) is 107 Å². The maximum absolute atomic E-state index is 12.4. The lowest BCUT2D eigenvalue weighted by Crippen LogP contribution is -2.13. The molecule has 0 radical (unpaired) electrons. The van der Waals surface area contributed by atoms with Crippen molar-refractivity contribution >= 4 is 11.8 Å². The van der Waals surface area contributed by atoms with Gasteiger partial charge in [-0.05, 0) is 42.7 Å². The summed E-state index contributed by atoms with van der Waals surface area (Å²) in [6.07, 6.45) is 10.1. The molecule has 1 fully saturated rings. The van der Waals surface area contributed by atoms with Crippen molar-refractivity contribution in [3.05, 3.63) is 35.4 Å². The third-order valence-corrected chi connectivity index (χ3v) is 6.09. The Kier molecular flexibility index (Phi) is 9.69. The number of carbonyl (C=O) groups excluding carboxylic acids is 1. The molecular formula is C24H36O4. The Balaban J connectivity index is 1.84. The van der Waals surface area contributed by atoms with Crippen LogP contribution in [0.5, 0.6) is 0 Å². The summed E-state index contributed by atoms with van der Waals surface area (Å²) in [7, 11) is 0. The first-order valence-corrected chi connectivity index (χ1v) is 11.0. The molecule has 1 aromatic carbocycles. The fourth-order valence-electron chi connectivity index (χ4n) is 4.38. The minimum Gasteiger partial charge on any atom is -0.481 e. The van der Waals surface area contributed by atoms with Gasteiger partial charge in [0.2, 0.25) is 0 Å². The van der Waals surface area contributed by atoms with Crippen molar-refractivity contribution in [2.75, 3.05) is 0 Å². The number of benzene rings is 1. The molecule has 0 amide bonds. The van der Waals surface area contributed by atoms with E-state index in [1.165, 1.54) is 5.56 Å². The lowest BCUT2D eigenvalue weighted by molar-refractivity contribution is -0.137. The molecule has 0 bridgehead atoms. The Morgan fingerprint density at radius 3 is 2.46 bits per heavy atom. The maximum atomic E-state index is 12.4. The van der Waals surface area contributed by atoms with Crippen molar-refractivity contribution in [1.82, 2.24) is 0 Å². The van der Waals surface area contributed by atoms with Crippen LogP contribution in [0.2, 0.25) is 0 Å². The van der Waals surface area contributed by atoms with Crippen LogP contribution < -0.4 is 0 Å². The minimum atomic E-state index is -0.732. The van der Waals surface area contributed by atoms with E-state index in [1.54, 1.807) is 0 Å². The average molecular weight is 389 g/mol. The highest BCUT2D eigenvalue weighted by atomic mass is 16.4. The zero-order valence-electron chi connectivity index (χ0n) is 17.2. The highest BCUT2D eigenvalue weighted by molar-refractivity contribution is 5.84. The van der Waals surface area contributed by atoms with E-state index in [2.05, 4.69) is 19.1 Å². The number of aliphatic carboxylic acids is 1. The third-order valence-electron chi connectivity index (χ3n) is 6.09. The molecule has 0 heterocycles. The first-order valence-electron chi connectivity index (χ1n) is 11.0. The average Bonchev–Trinajstić information content (AvgIpc) is 3.05. The summed E-state index contributed by atoms with van der Waals surface area (Å²) in [5, 5.41) is 19.0. The minimum absolute atomic E-state index is 0.0970. The van der Waals surface area contributed by atoms with Crippen LogP contribution in [0.3, 0.4) is 0 Å². The van der Waals surface area contributed by atoms with Crippen LogP contribution in [0, 0.1) is 5.92 Å². The first kappa shape index (κ1) is 22.6. The molecule has 156 valence electrons. The number of carboxylic acid groups (broad SMARTS) is 1. The second-order valence-electron chi connectivity index (χ2n) is 8.24. The largest absolute Gasteiger partial charge is 0.481 e. The van der Waals surface area contributed by atoms with Gasteiger partial charge in [-0.1, -0.05) is 69.7 Å². The summed E-state index contributed by atoms with van der Waals surface area (Å²) in [6.45, 7) is 2.16. The van der Waals surface area contributed by atoms with Gasteiger partial charge in [0.25, 0.3) is 0 Å². The molecule has 0 spiro atoms. The zero-order chi connectivity index (χ0) is 20.4. The Labute approximate surface area is 169 Å². The van der Waals surface area contributed by atoms with Crippen LogP contribution in [0.15, 0.2) is 24.3 Å². The van der Waals surface area contributed by atoms with Gasteiger partial charge in [-0.3, -0.25) is 9.59 Å². The number of aliphatic hydroxyl groups is 1. The quantitative estimate of drug-likeness (QED) is 0.420. The molecule has 1 aromatic rings. The van der Waals surface area contributed by atoms with Crippen LogP contribution >= 0.6 is 0 Å². The number of aliphatic hydroxyl groups excluding tert-OH is 1. The number of hydrogen-bond acceptors (Lipinski definition) is 3. The Morgan fingerprint density at radius 2 is 1.79 bits per heavy atom. The topological polar surface area (TPSA) is 74.6 Å². The number of rotatable bonds is 13. The Bertz CT molecular complexity index is 608. The van der Waals surface area contributed by atoms with E-state index < -0.39 is 12.1 Å². The number of carboxylic acids is 1. The number of carbonyl (C=O) groups is 2. The summed E-state index contributed by atoms with van der Waals surface area (Å²) in [4.78, 5) is 22.9. The van der Waals surface area contributed by atoms with E-state index in [1.807, 2.05) is 12.1 Å². The van der Waals surface area contributed by atoms with Gasteiger partial charge in [0, 0.05) is 18.8 Å². The standard InChI is InChI=1S/C24H36O4/c1-2-3-6-10-22(25)19-14-12-18(13-15-19)20-16-17-23(26)21(20)9-7-4-5-8-11-24(27)28/h12-15,20-22,25H,2-11,16-17H2,1H3,(H,27,28)/t20-,21?,22+/m0/s1. The van der Waals surface area contributed by atoms with E-state index in [-0.39, 0.29) is 18.3 Å². The smallest absolute Gasteiger partial charge is 0.303 e. The van der Waals surface area contributed by atoms with Gasteiger partial charge in [-0.25, -0.2) is 0 Å². The predicted molar refractivity (Wildman–Crippen MR) is 111 cm³/mol. The van der Waals surface area contributed by atoms with Crippen LogP contribution in [0.4, 0.5) is 0 Å². The molecule has 4 nitrogen and oxygen atoms in total. The fourth-order valence-corrected chi connectivity index (χ4v) is 4.38. The SMILES string of the molecule is CCCCC[C@@H](O)c1ccc([C@@H]2CCC(=O)C2CCCCCCC(=O)O)cc1. The van der Waals surface area contributed by atoms with Crippen molar-refractivity contribution < 1.29 is 19.8 Å². The van der Waals surface area contributed by atoms with E-state index in [4.69, 9.17) is 5.11 Å². The highest BCUT2D eigenvalue weighted by Gasteiger charge is 2.34. The lowest BCUT2D eigenvalue weighted by Gasteiger charge is -2.20. The Morgan fingerprint density at radius 1 is 1.07 bits per heavy atom. The van der Waals surface area contributed by atoms with Gasteiger partial charge in [0.15, 0.2) is 0 Å². The molecular weight excluding hydrogens is 352 g/mol. The van der Waals surface area contributed by atoms with Gasteiger partial charge in [-0.15, -0.1) is 0 Å². The second kappa shape index (κ2) is 12.0. The lowest BCUT2D eigenvalue weighted by atomic mass is 9.84. The molecule has 28 heavy (non-hydrogen) atoms. The molecule has 2 rings (SSSR count). The summed E-state index contributed by atoms with van der Waals surface area (Å²) in [5.41, 5.74) is 2.19. The molecule has 4 heteroatoms. The predicted octanol–water partition coefficient (Wildman–Crippen LogP) is 5.79. The molecule has 2 N–H and O–H groups in total. The number of Topliss-reactive ketones (excluding diaryl/α,β-unsaturated/α-hetero) is 1. The van der Waals surface area contributed by atoms with E-state index in [0.717, 1.165) is 69.8 Å². The van der Waals surface area contributed by atoms with Gasteiger partial charge in [0.05, 0.1) is 6.10 Å². The van der Waals surface area contributed by atoms with E-state index in [9.17, 15) is 14.7 Å². The van der Waals surface area contributed by atoms with Crippen molar-refractivity contribution in [1.29, 1.82) is 0 Å². The van der Waals surface area contributed by atoms with Gasteiger partial charge in [0.1, 0.15) is 5.78 Å². The number of unbranched alkanes of at least 4 members (excludes halogenated alkanes) is 5. The monoisotopic (exact) mass is 388 g/mol. The molecule has 1 aliphatic rings. The molecule has 1 aliphatic carbocycles. The van der Waals surface area contributed by atoms with Gasteiger partial charge in [-0.2, -0.15) is 0 Å². The Hall–Kier alpha value is -1.68. The maximum Gasteiger partial charge on any atom is 0.303 e. The number of hydrogen-bond donors (Lipinski definition) is 2. The summed E-state index contributed by atoms with van der Waals surface area (Å²) in [5.74, 6) is 0.0294. The van der Waals surface area contributed by atoms with Crippen LogP contribution in [-0.2, 0) is 9.59 Å². The molecule has 0 aliphatic heterocycles. The normalized spacial score (nSPS) is 20.4. The van der Waals surface area contributed by atoms with Crippen molar-refractivity contribution in [3.63, 3.8) is 0 Å². The first-order chi connectivity index (χ1) is 13.5. The van der Waals surface area contributed by atoms with Crippen LogP contribution in [0.25, 0.3) is 0 Å². The summed E-state index contributed by atoms with van der Waals surface area (Å²) < 4.78 is 0. The molecule has 1 unspecified atom stereocenters. The molecule has 0 saturated heterocycles. The van der Waals surface area contributed by atoms with Crippen molar-refractivity contribution in [2.24, 2.45) is 5.92 Å². The van der Waals surface area contributed by atoms with Gasteiger partial charge >= 0.3 is 5.97 Å². The third kappa shape index (κ3) is 7.05. The zero-order valence-corrected chi connectivity index (χ0v) is 17.2. The van der Waals surface area contributed by atoms with Crippen molar-refractivity contribution in [3.8, 4) is 0 Å². The summed E-state index contributed by atoms with van der Waals surface area (Å²) >= 11 is 0. The molecule has 1 saturated carbocycles. The van der Waals surface area contributed by atoms with Crippen LogP contribution in [-0.4, -0.2) is 22.0 Å². The van der Waals surface area contributed by atoms with Crippen molar-refractivity contribution in [2.45, 2.75) is 96.0 Å². The van der Waals surface area contributed by atoms with E-state index >= 15 is 0 Å².